The molecule has 2 rings (SSSR count). The fraction of sp³-hybridized carbons (Fsp3) is 0.680. The maximum Gasteiger partial charge on any atom is 0.409 e. The lowest BCUT2D eigenvalue weighted by Gasteiger charge is -2.24. The molecule has 1 aliphatic rings. The molecule has 1 unspecified atom stereocenters. The van der Waals surface area contributed by atoms with Gasteiger partial charge in [0, 0.05) is 19.6 Å². The van der Waals surface area contributed by atoms with E-state index in [1.165, 1.54) is 25.7 Å². The molecule has 180 valence electrons. The van der Waals surface area contributed by atoms with Crippen molar-refractivity contribution >= 4 is 12.1 Å². The summed E-state index contributed by atoms with van der Waals surface area (Å²) in [5.41, 5.74) is 0.869. The Morgan fingerprint density at radius 1 is 1.12 bits per heavy atom. The van der Waals surface area contributed by atoms with Gasteiger partial charge in [-0.2, -0.15) is 0 Å². The summed E-state index contributed by atoms with van der Waals surface area (Å²) in [4.78, 5) is 25.5. The second kappa shape index (κ2) is 14.0. The van der Waals surface area contributed by atoms with Gasteiger partial charge in [-0.3, -0.25) is 0 Å². The molecule has 7 heteroatoms. The van der Waals surface area contributed by atoms with Crippen LogP contribution in [0.5, 0.6) is 5.75 Å². The molecule has 0 spiro atoms. The number of carbonyl (C=O) groups excluding carboxylic acids is 1. The summed E-state index contributed by atoms with van der Waals surface area (Å²) in [5.74, 6) is 0.724. The molecule has 1 N–H and O–H groups in total. The molecule has 1 aliphatic carbocycles. The van der Waals surface area contributed by atoms with E-state index >= 15 is 0 Å². The minimum absolute atomic E-state index is 0.272. The highest BCUT2D eigenvalue weighted by Gasteiger charge is 2.21. The molecule has 0 aromatic heterocycles. The maximum absolute atomic E-state index is 12.5. The topological polar surface area (TPSA) is 85.3 Å². The van der Waals surface area contributed by atoms with Crippen molar-refractivity contribution in [1.29, 1.82) is 0 Å². The minimum Gasteiger partial charge on any atom is -0.492 e. The SMILES string of the molecule is CCOC(Cc1ccc(OCCN(CCC2CCCC2)C(=O)OCC(C)C)cc1)C(=O)O. The van der Waals surface area contributed by atoms with Crippen LogP contribution in [0.25, 0.3) is 0 Å². The van der Waals surface area contributed by atoms with Crippen LogP contribution in [-0.2, 0) is 20.7 Å². The number of benzene rings is 1. The van der Waals surface area contributed by atoms with E-state index < -0.39 is 12.1 Å². The first-order valence-corrected chi connectivity index (χ1v) is 11.9. The van der Waals surface area contributed by atoms with E-state index in [9.17, 15) is 14.7 Å². The van der Waals surface area contributed by atoms with E-state index in [0.29, 0.717) is 56.9 Å². The Hall–Kier alpha value is -2.28. The van der Waals surface area contributed by atoms with Gasteiger partial charge >= 0.3 is 12.1 Å². The van der Waals surface area contributed by atoms with Gasteiger partial charge in [-0.1, -0.05) is 51.7 Å². The smallest absolute Gasteiger partial charge is 0.409 e. The van der Waals surface area contributed by atoms with Crippen molar-refractivity contribution in [2.45, 2.75) is 65.4 Å². The third-order valence-electron chi connectivity index (χ3n) is 5.70. The number of hydrogen-bond acceptors (Lipinski definition) is 5. The van der Waals surface area contributed by atoms with Crippen LogP contribution in [0, 0.1) is 11.8 Å². The number of carbonyl (C=O) groups is 2. The Labute approximate surface area is 192 Å². The largest absolute Gasteiger partial charge is 0.492 e. The molecule has 0 heterocycles. The zero-order chi connectivity index (χ0) is 23.3. The van der Waals surface area contributed by atoms with Crippen molar-refractivity contribution in [2.75, 3.05) is 32.9 Å². The predicted octanol–water partition coefficient (Wildman–Crippen LogP) is 4.77. The van der Waals surface area contributed by atoms with Crippen molar-refractivity contribution in [2.24, 2.45) is 11.8 Å². The third kappa shape index (κ3) is 9.47. The van der Waals surface area contributed by atoms with Crippen LogP contribution in [0.3, 0.4) is 0 Å². The van der Waals surface area contributed by atoms with Crippen LogP contribution in [0.2, 0.25) is 0 Å². The van der Waals surface area contributed by atoms with Gasteiger partial charge in [0.15, 0.2) is 6.10 Å². The van der Waals surface area contributed by atoms with Crippen molar-refractivity contribution in [1.82, 2.24) is 4.90 Å². The number of hydrogen-bond donors (Lipinski definition) is 1. The number of amides is 1. The average molecular weight is 450 g/mol. The molecule has 0 saturated heterocycles. The summed E-state index contributed by atoms with van der Waals surface area (Å²) in [5, 5.41) is 9.22. The Balaban J connectivity index is 1.84. The number of nitrogens with zero attached hydrogens (tertiary/aromatic N) is 1. The zero-order valence-corrected chi connectivity index (χ0v) is 19.8. The Kier molecular flexibility index (Phi) is 11.4. The van der Waals surface area contributed by atoms with Crippen LogP contribution < -0.4 is 4.74 Å². The Bertz CT molecular complexity index is 684. The molecular weight excluding hydrogens is 410 g/mol. The highest BCUT2D eigenvalue weighted by molar-refractivity contribution is 5.72. The number of aliphatic carboxylic acids is 1. The molecule has 1 aromatic carbocycles. The van der Waals surface area contributed by atoms with Gasteiger partial charge < -0.3 is 24.2 Å². The van der Waals surface area contributed by atoms with E-state index in [2.05, 4.69) is 0 Å². The summed E-state index contributed by atoms with van der Waals surface area (Å²) in [6, 6.07) is 7.33. The summed E-state index contributed by atoms with van der Waals surface area (Å²) in [7, 11) is 0. The van der Waals surface area contributed by atoms with E-state index in [1.54, 1.807) is 11.8 Å². The van der Waals surface area contributed by atoms with Gasteiger partial charge in [0.1, 0.15) is 12.4 Å². The molecule has 7 nitrogen and oxygen atoms in total. The monoisotopic (exact) mass is 449 g/mol. The fourth-order valence-corrected chi connectivity index (χ4v) is 3.89. The number of rotatable bonds is 14. The summed E-state index contributed by atoms with van der Waals surface area (Å²) in [6.07, 6.45) is 5.28. The molecule has 1 aromatic rings. The Morgan fingerprint density at radius 3 is 2.41 bits per heavy atom. The first kappa shape index (κ1) is 26.0. The van der Waals surface area contributed by atoms with Crippen LogP contribution >= 0.6 is 0 Å². The molecule has 0 aliphatic heterocycles. The Morgan fingerprint density at radius 2 is 1.81 bits per heavy atom. The maximum atomic E-state index is 12.5. The predicted molar refractivity (Wildman–Crippen MR) is 123 cm³/mol. The van der Waals surface area contributed by atoms with Crippen molar-refractivity contribution in [3.8, 4) is 5.75 Å². The van der Waals surface area contributed by atoms with Crippen molar-refractivity contribution in [3.63, 3.8) is 0 Å². The van der Waals surface area contributed by atoms with Gasteiger partial charge in [-0.25, -0.2) is 9.59 Å². The molecule has 0 bridgehead atoms. The molecule has 1 amide bonds. The van der Waals surface area contributed by atoms with Crippen LogP contribution in [-0.4, -0.2) is 61.1 Å². The summed E-state index contributed by atoms with van der Waals surface area (Å²) in [6.45, 7) is 8.13. The van der Waals surface area contributed by atoms with E-state index in [-0.39, 0.29) is 6.09 Å². The molecular formula is C25H39NO6. The molecule has 1 atom stereocenters. The molecule has 1 fully saturated rings. The summed E-state index contributed by atoms with van der Waals surface area (Å²) >= 11 is 0. The lowest BCUT2D eigenvalue weighted by atomic mass is 10.0. The van der Waals surface area contributed by atoms with Crippen molar-refractivity contribution in [3.05, 3.63) is 29.8 Å². The third-order valence-corrected chi connectivity index (χ3v) is 5.70. The first-order chi connectivity index (χ1) is 15.4. The van der Waals surface area contributed by atoms with Crippen LogP contribution in [0.15, 0.2) is 24.3 Å². The first-order valence-electron chi connectivity index (χ1n) is 11.9. The van der Waals surface area contributed by atoms with E-state index in [0.717, 1.165) is 12.0 Å². The summed E-state index contributed by atoms with van der Waals surface area (Å²) < 4.78 is 16.6. The fourth-order valence-electron chi connectivity index (χ4n) is 3.89. The van der Waals surface area contributed by atoms with E-state index in [1.807, 2.05) is 38.1 Å². The van der Waals surface area contributed by atoms with Gasteiger partial charge in [0.05, 0.1) is 13.2 Å². The molecule has 1 saturated carbocycles. The lowest BCUT2D eigenvalue weighted by molar-refractivity contribution is -0.149. The number of ether oxygens (including phenoxy) is 3. The second-order valence-corrected chi connectivity index (χ2v) is 8.88. The van der Waals surface area contributed by atoms with Crippen LogP contribution in [0.4, 0.5) is 4.79 Å². The number of carboxylic acid groups (broad SMARTS) is 1. The average Bonchev–Trinajstić information content (AvgIpc) is 3.28. The molecule has 32 heavy (non-hydrogen) atoms. The quantitative estimate of drug-likeness (QED) is 0.440. The van der Waals surface area contributed by atoms with Crippen LogP contribution in [0.1, 0.15) is 58.4 Å². The lowest BCUT2D eigenvalue weighted by Crippen LogP contribution is -2.37. The van der Waals surface area contributed by atoms with Gasteiger partial charge in [0.25, 0.3) is 0 Å². The standard InChI is InChI=1S/C25H39NO6/c1-4-30-23(24(27)28)17-21-9-11-22(12-10-21)31-16-15-26(25(29)32-18-19(2)3)14-13-20-7-5-6-8-20/h9-12,19-20,23H,4-8,13-18H2,1-3H3,(H,27,28). The van der Waals surface area contributed by atoms with Crippen molar-refractivity contribution < 1.29 is 28.9 Å². The highest BCUT2D eigenvalue weighted by Crippen LogP contribution is 2.27. The van der Waals surface area contributed by atoms with E-state index in [4.69, 9.17) is 14.2 Å². The second-order valence-electron chi connectivity index (χ2n) is 8.88. The minimum atomic E-state index is -0.964. The normalized spacial score (nSPS) is 15.0. The van der Waals surface area contributed by atoms with Gasteiger partial charge in [-0.15, -0.1) is 0 Å². The molecule has 0 radical (unpaired) electrons. The highest BCUT2D eigenvalue weighted by atomic mass is 16.6. The number of carboxylic acids is 1. The van der Waals surface area contributed by atoms with Gasteiger partial charge in [-0.05, 0) is 42.9 Å². The van der Waals surface area contributed by atoms with Gasteiger partial charge in [0.2, 0.25) is 0 Å². The zero-order valence-electron chi connectivity index (χ0n) is 19.8.